The number of H-pyrrole nitrogens is 1. The third-order valence-corrected chi connectivity index (χ3v) is 5.51. The molecule has 0 bridgehead atoms. The number of halogens is 6. The summed E-state index contributed by atoms with van der Waals surface area (Å²) >= 11 is 0. The highest BCUT2D eigenvalue weighted by molar-refractivity contribution is 6.02. The molecule has 0 saturated heterocycles. The molecule has 2 N–H and O–H groups in total. The normalized spacial score (nSPS) is 11.5. The number of anilines is 1. The number of carbonyl (C=O) groups excluding carboxylic acids is 1. The zero-order valence-electron chi connectivity index (χ0n) is 19.1. The second-order valence-corrected chi connectivity index (χ2v) is 7.90. The van der Waals surface area contributed by atoms with Crippen LogP contribution in [0.25, 0.3) is 22.5 Å². The number of methoxy groups -OCH3 is 1. The van der Waals surface area contributed by atoms with Gasteiger partial charge in [-0.2, -0.15) is 13.2 Å². The molecule has 0 unspecified atom stereocenters. The van der Waals surface area contributed by atoms with Gasteiger partial charge >= 0.3 is 6.18 Å². The number of nitrogens with one attached hydrogen (secondary N) is 2. The van der Waals surface area contributed by atoms with Crippen LogP contribution in [0.3, 0.4) is 0 Å². The first-order valence-electron chi connectivity index (χ1n) is 10.6. The number of benzene rings is 3. The molecule has 6 nitrogen and oxygen atoms in total. The van der Waals surface area contributed by atoms with Gasteiger partial charge in [-0.3, -0.25) is 4.79 Å². The van der Waals surface area contributed by atoms with E-state index in [9.17, 15) is 36.3 Å². The van der Waals surface area contributed by atoms with Crippen molar-refractivity contribution in [3.8, 4) is 28.3 Å². The maximum atomic E-state index is 15.0. The Hall–Kier alpha value is -4.48. The van der Waals surface area contributed by atoms with E-state index in [4.69, 9.17) is 4.74 Å². The molecular formula is C25H17F6N3O3. The predicted octanol–water partition coefficient (Wildman–Crippen LogP) is 5.99. The highest BCUT2D eigenvalue weighted by atomic mass is 19.4. The van der Waals surface area contributed by atoms with Crippen molar-refractivity contribution in [1.82, 2.24) is 4.98 Å². The fourth-order valence-corrected chi connectivity index (χ4v) is 3.81. The summed E-state index contributed by atoms with van der Waals surface area (Å²) in [5, 5.41) is 15.2. The second kappa shape index (κ2) is 9.52. The molecule has 0 atom stereocenters. The van der Waals surface area contributed by atoms with Gasteiger partial charge in [0.05, 0.1) is 18.2 Å². The summed E-state index contributed by atoms with van der Waals surface area (Å²) < 4.78 is 88.0. The Bertz CT molecular complexity index is 1490. The number of aromatic nitrogens is 2. The van der Waals surface area contributed by atoms with Crippen LogP contribution in [0.4, 0.5) is 32.0 Å². The third-order valence-electron chi connectivity index (χ3n) is 5.51. The molecule has 4 rings (SSSR count). The van der Waals surface area contributed by atoms with Crippen molar-refractivity contribution in [3.63, 3.8) is 0 Å². The molecule has 0 spiro atoms. The fraction of sp³-hybridized carbons (Fsp3) is 0.120. The molecule has 0 aliphatic rings. The van der Waals surface area contributed by atoms with E-state index in [1.165, 1.54) is 20.1 Å². The van der Waals surface area contributed by atoms with Crippen LogP contribution in [-0.2, 0) is 6.18 Å². The zero-order valence-corrected chi connectivity index (χ0v) is 19.1. The molecule has 1 aromatic heterocycles. The lowest BCUT2D eigenvalue weighted by Gasteiger charge is -2.13. The Morgan fingerprint density at radius 3 is 2.24 bits per heavy atom. The van der Waals surface area contributed by atoms with Crippen molar-refractivity contribution in [2.24, 2.45) is 0 Å². The van der Waals surface area contributed by atoms with Crippen molar-refractivity contribution in [2.75, 3.05) is 12.4 Å². The van der Waals surface area contributed by atoms with Crippen molar-refractivity contribution in [1.29, 1.82) is 0 Å². The highest BCUT2D eigenvalue weighted by Gasteiger charge is 2.32. The quantitative estimate of drug-likeness (QED) is 0.192. The van der Waals surface area contributed by atoms with Crippen molar-refractivity contribution in [2.45, 2.75) is 13.1 Å². The molecule has 37 heavy (non-hydrogen) atoms. The van der Waals surface area contributed by atoms with Gasteiger partial charge in [-0.15, -0.1) is 0 Å². The Morgan fingerprint density at radius 2 is 1.62 bits per heavy atom. The Kier molecular flexibility index (Phi) is 6.59. The van der Waals surface area contributed by atoms with Crippen LogP contribution >= 0.6 is 0 Å². The van der Waals surface area contributed by atoms with Crippen LogP contribution in [0.15, 0.2) is 54.6 Å². The second-order valence-electron chi connectivity index (χ2n) is 7.90. The van der Waals surface area contributed by atoms with E-state index in [2.05, 4.69) is 10.3 Å². The van der Waals surface area contributed by atoms with Crippen LogP contribution in [0.5, 0.6) is 5.75 Å². The summed E-state index contributed by atoms with van der Waals surface area (Å²) in [5.74, 6) is -4.70. The van der Waals surface area contributed by atoms with Crippen molar-refractivity contribution < 1.29 is 40.6 Å². The minimum atomic E-state index is -4.66. The van der Waals surface area contributed by atoms with E-state index in [-0.39, 0.29) is 27.4 Å². The molecular weight excluding hydrogens is 504 g/mol. The van der Waals surface area contributed by atoms with E-state index >= 15 is 0 Å². The largest absolute Gasteiger partial charge is 0.710 e. The Balaban J connectivity index is 1.78. The summed E-state index contributed by atoms with van der Waals surface area (Å²) in [6.45, 7) is 1.32. The zero-order chi connectivity index (χ0) is 27.1. The van der Waals surface area contributed by atoms with E-state index in [0.29, 0.717) is 6.07 Å². The smallest absolute Gasteiger partial charge is 0.416 e. The molecule has 0 saturated carbocycles. The first-order chi connectivity index (χ1) is 17.4. The Labute approximate surface area is 205 Å². The number of alkyl halides is 3. The predicted molar refractivity (Wildman–Crippen MR) is 121 cm³/mol. The molecule has 1 amide bonds. The van der Waals surface area contributed by atoms with Gasteiger partial charge in [0.2, 0.25) is 5.69 Å². The van der Waals surface area contributed by atoms with Crippen LogP contribution in [-0.4, -0.2) is 18.0 Å². The number of nitrogens with zero attached hydrogens (tertiary/aromatic N) is 1. The van der Waals surface area contributed by atoms with Crippen LogP contribution in [0, 0.1) is 29.6 Å². The van der Waals surface area contributed by atoms with Crippen molar-refractivity contribution >= 4 is 11.6 Å². The van der Waals surface area contributed by atoms with Gasteiger partial charge in [0.15, 0.2) is 5.69 Å². The highest BCUT2D eigenvalue weighted by Crippen LogP contribution is 2.38. The van der Waals surface area contributed by atoms with Crippen molar-refractivity contribution in [3.05, 3.63) is 94.2 Å². The summed E-state index contributed by atoms with van der Waals surface area (Å²) in [5.41, 5.74) is -2.99. The summed E-state index contributed by atoms with van der Waals surface area (Å²) in [6, 6.07) is 8.71. The van der Waals surface area contributed by atoms with Gasteiger partial charge in [0.1, 0.15) is 28.8 Å². The first kappa shape index (κ1) is 25.6. The number of hydrogen-bond donors (Lipinski definition) is 2. The molecule has 0 fully saturated rings. The van der Waals surface area contributed by atoms with Crippen LogP contribution in [0.1, 0.15) is 21.7 Å². The number of carbonyl (C=O) groups is 1. The molecule has 4 aromatic rings. The topological polar surface area (TPSA) is 81.1 Å². The molecule has 0 radical (unpaired) electrons. The molecule has 0 aliphatic heterocycles. The molecule has 0 aliphatic carbocycles. The molecule has 1 heterocycles. The maximum absolute atomic E-state index is 15.0. The number of hydrogen-bond acceptors (Lipinski definition) is 3. The summed E-state index contributed by atoms with van der Waals surface area (Å²) in [6.07, 6.45) is -4.66. The average Bonchev–Trinajstić information content (AvgIpc) is 3.12. The number of aromatic amines is 1. The molecule has 3 aromatic carbocycles. The van der Waals surface area contributed by atoms with Gasteiger partial charge in [0.25, 0.3) is 11.7 Å². The van der Waals surface area contributed by atoms with Crippen LogP contribution in [0.2, 0.25) is 0 Å². The minimum absolute atomic E-state index is 0.0386. The Morgan fingerprint density at radius 1 is 0.973 bits per heavy atom. The fourth-order valence-electron chi connectivity index (χ4n) is 3.81. The number of amides is 1. The monoisotopic (exact) mass is 521 g/mol. The minimum Gasteiger partial charge on any atom is -0.710 e. The molecule has 12 heteroatoms. The van der Waals surface area contributed by atoms with E-state index in [0.717, 1.165) is 42.5 Å². The number of ether oxygens (including phenoxy) is 1. The van der Waals surface area contributed by atoms with Gasteiger partial charge in [-0.25, -0.2) is 22.9 Å². The lowest BCUT2D eigenvalue weighted by Crippen LogP contribution is -2.36. The standard InChI is InChI=1S/C25H17F6N3O3/c1-12-22(24(35)33-14-6-3-5-13(9-14)25(29,30)31)34(36)23(32-12)15-10-16(20(37-2)11-19(15)28)21-17(26)7-4-8-18(21)27/h3-11,32H,1-2H3,(H,33,35). The first-order valence-corrected chi connectivity index (χ1v) is 10.6. The lowest BCUT2D eigenvalue weighted by atomic mass is 10.00. The molecule has 192 valence electrons. The van der Waals surface area contributed by atoms with E-state index in [1.54, 1.807) is 0 Å². The number of imidazole rings is 1. The lowest BCUT2D eigenvalue weighted by molar-refractivity contribution is -0.594. The SMILES string of the molecule is COc1cc(F)c(-c2[nH]c(C)c(C(=O)Nc3cccc(C(F)(F)F)c3)[n+]2[O-])cc1-c1c(F)cccc1F. The van der Waals surface area contributed by atoms with E-state index < -0.39 is 57.7 Å². The van der Waals surface area contributed by atoms with E-state index in [1.807, 2.05) is 0 Å². The summed E-state index contributed by atoms with van der Waals surface area (Å²) in [4.78, 5) is 15.3. The average molecular weight is 521 g/mol. The van der Waals surface area contributed by atoms with Gasteiger partial charge in [0, 0.05) is 24.2 Å². The van der Waals surface area contributed by atoms with Gasteiger partial charge in [-0.05, 0) is 36.4 Å². The number of rotatable bonds is 5. The summed E-state index contributed by atoms with van der Waals surface area (Å²) in [7, 11) is 1.17. The van der Waals surface area contributed by atoms with Crippen LogP contribution < -0.4 is 14.8 Å². The third kappa shape index (κ3) is 4.82. The van der Waals surface area contributed by atoms with Gasteiger partial charge < -0.3 is 15.3 Å². The maximum Gasteiger partial charge on any atom is 0.416 e. The van der Waals surface area contributed by atoms with Gasteiger partial charge in [-0.1, -0.05) is 12.1 Å². The number of aryl methyl sites for hydroxylation is 1.